The third-order valence-corrected chi connectivity index (χ3v) is 5.26. The number of hydrogen-bond acceptors (Lipinski definition) is 4. The van der Waals surface area contributed by atoms with Crippen LogP contribution in [-0.4, -0.2) is 57.4 Å². The maximum atomic E-state index is 5.96. The van der Waals surface area contributed by atoms with Gasteiger partial charge in [-0.15, -0.1) is 24.0 Å². The molecule has 1 aliphatic heterocycles. The molecule has 0 amide bonds. The molecule has 1 saturated heterocycles. The molecule has 2 aromatic rings. The highest BCUT2D eigenvalue weighted by Crippen LogP contribution is 2.18. The van der Waals surface area contributed by atoms with E-state index in [0.717, 1.165) is 55.5 Å². The van der Waals surface area contributed by atoms with Crippen LogP contribution in [0.5, 0.6) is 5.75 Å². The molecule has 1 fully saturated rings. The van der Waals surface area contributed by atoms with Crippen LogP contribution in [0.3, 0.4) is 0 Å². The quantitative estimate of drug-likeness (QED) is 0.194. The third kappa shape index (κ3) is 8.96. The van der Waals surface area contributed by atoms with Crippen molar-refractivity contribution in [3.63, 3.8) is 0 Å². The van der Waals surface area contributed by atoms with Crippen LogP contribution >= 0.6 is 24.0 Å². The van der Waals surface area contributed by atoms with Gasteiger partial charge < -0.3 is 24.4 Å². The van der Waals surface area contributed by atoms with E-state index in [1.54, 1.807) is 7.11 Å². The second kappa shape index (κ2) is 15.1. The summed E-state index contributed by atoms with van der Waals surface area (Å²) in [7, 11) is 1.70. The van der Waals surface area contributed by atoms with Gasteiger partial charge in [-0.2, -0.15) is 0 Å². The predicted molar refractivity (Wildman–Crippen MR) is 140 cm³/mol. The number of hydrogen-bond donors (Lipinski definition) is 1. The molecule has 7 heteroatoms. The molecular formula is C25H36IN3O3. The molecule has 6 nitrogen and oxygen atoms in total. The van der Waals surface area contributed by atoms with Gasteiger partial charge in [-0.05, 0) is 36.6 Å². The summed E-state index contributed by atoms with van der Waals surface area (Å²) in [5.74, 6) is 2.38. The average molecular weight is 553 g/mol. The van der Waals surface area contributed by atoms with Gasteiger partial charge in [0.2, 0.25) is 0 Å². The monoisotopic (exact) mass is 553 g/mol. The predicted octanol–water partition coefficient (Wildman–Crippen LogP) is 4.33. The molecule has 0 aliphatic carbocycles. The molecule has 0 bridgehead atoms. The van der Waals surface area contributed by atoms with E-state index in [0.29, 0.717) is 32.3 Å². The first-order valence-corrected chi connectivity index (χ1v) is 11.1. The van der Waals surface area contributed by atoms with Gasteiger partial charge in [0.25, 0.3) is 0 Å². The molecular weight excluding hydrogens is 517 g/mol. The molecule has 1 N–H and O–H groups in total. The van der Waals surface area contributed by atoms with Gasteiger partial charge in [0.1, 0.15) is 12.4 Å². The van der Waals surface area contributed by atoms with Crippen LogP contribution in [0, 0.1) is 5.92 Å². The number of ether oxygens (including phenoxy) is 3. The van der Waals surface area contributed by atoms with Crippen LogP contribution < -0.4 is 10.1 Å². The Labute approximate surface area is 209 Å². The third-order valence-electron chi connectivity index (χ3n) is 5.26. The highest BCUT2D eigenvalue weighted by atomic mass is 127. The Morgan fingerprint density at radius 1 is 1.09 bits per heavy atom. The lowest BCUT2D eigenvalue weighted by molar-refractivity contribution is 0.0536. The molecule has 0 radical (unpaired) electrons. The lowest BCUT2D eigenvalue weighted by Crippen LogP contribution is -2.40. The number of aliphatic imine (C=N–C) groups is 1. The Morgan fingerprint density at radius 2 is 1.91 bits per heavy atom. The summed E-state index contributed by atoms with van der Waals surface area (Å²) < 4.78 is 16.7. The maximum absolute atomic E-state index is 5.96. The van der Waals surface area contributed by atoms with E-state index >= 15 is 0 Å². The average Bonchev–Trinajstić information content (AvgIpc) is 3.28. The molecule has 0 spiro atoms. The van der Waals surface area contributed by atoms with Crippen molar-refractivity contribution in [3.8, 4) is 5.75 Å². The van der Waals surface area contributed by atoms with Gasteiger partial charge in [-0.25, -0.2) is 4.99 Å². The first-order chi connectivity index (χ1) is 15.3. The summed E-state index contributed by atoms with van der Waals surface area (Å²) >= 11 is 0. The molecule has 1 heterocycles. The van der Waals surface area contributed by atoms with E-state index in [2.05, 4.69) is 41.4 Å². The van der Waals surface area contributed by atoms with E-state index in [4.69, 9.17) is 19.2 Å². The van der Waals surface area contributed by atoms with Crippen LogP contribution in [0.25, 0.3) is 0 Å². The summed E-state index contributed by atoms with van der Waals surface area (Å²) in [4.78, 5) is 7.22. The Hall–Kier alpha value is -1.84. The Morgan fingerprint density at radius 3 is 2.69 bits per heavy atom. The molecule has 1 atom stereocenters. The number of rotatable bonds is 11. The van der Waals surface area contributed by atoms with Crippen LogP contribution in [-0.2, 0) is 22.6 Å². The van der Waals surface area contributed by atoms with Gasteiger partial charge in [-0.1, -0.05) is 42.5 Å². The van der Waals surface area contributed by atoms with Crippen LogP contribution in [0.2, 0.25) is 0 Å². The second-order valence-electron chi connectivity index (χ2n) is 7.76. The minimum atomic E-state index is 0. The summed E-state index contributed by atoms with van der Waals surface area (Å²) in [6.45, 7) is 8.20. The lowest BCUT2D eigenvalue weighted by Gasteiger charge is -2.21. The first-order valence-electron chi connectivity index (χ1n) is 11.1. The first kappa shape index (κ1) is 26.4. The van der Waals surface area contributed by atoms with E-state index in [-0.39, 0.29) is 24.0 Å². The fourth-order valence-electron chi connectivity index (χ4n) is 3.62. The molecule has 176 valence electrons. The summed E-state index contributed by atoms with van der Waals surface area (Å²) in [6, 6.07) is 18.4. The Bertz CT molecular complexity index is 804. The number of methoxy groups -OCH3 is 1. The highest BCUT2D eigenvalue weighted by Gasteiger charge is 2.24. The topological polar surface area (TPSA) is 55.3 Å². The zero-order valence-electron chi connectivity index (χ0n) is 19.2. The zero-order valence-corrected chi connectivity index (χ0v) is 21.5. The van der Waals surface area contributed by atoms with Crippen LogP contribution in [0.1, 0.15) is 24.5 Å². The molecule has 0 aromatic heterocycles. The Kier molecular flexibility index (Phi) is 12.4. The van der Waals surface area contributed by atoms with Gasteiger partial charge in [0.05, 0.1) is 26.4 Å². The largest absolute Gasteiger partial charge is 0.489 e. The normalized spacial score (nSPS) is 16.0. The number of benzene rings is 2. The van der Waals surface area contributed by atoms with E-state index < -0.39 is 0 Å². The number of likely N-dealkylation sites (tertiary alicyclic amines) is 1. The van der Waals surface area contributed by atoms with Crippen LogP contribution in [0.4, 0.5) is 0 Å². The van der Waals surface area contributed by atoms with Crippen molar-refractivity contribution in [1.29, 1.82) is 0 Å². The summed E-state index contributed by atoms with van der Waals surface area (Å²) in [5.41, 5.74) is 2.30. The maximum Gasteiger partial charge on any atom is 0.194 e. The minimum Gasteiger partial charge on any atom is -0.489 e. The fraction of sp³-hybridized carbons (Fsp3) is 0.480. The molecule has 1 unspecified atom stereocenters. The van der Waals surface area contributed by atoms with Crippen molar-refractivity contribution < 1.29 is 14.2 Å². The van der Waals surface area contributed by atoms with Gasteiger partial charge in [-0.3, -0.25) is 0 Å². The number of guanidine groups is 1. The fourth-order valence-corrected chi connectivity index (χ4v) is 3.62. The molecule has 0 saturated carbocycles. The summed E-state index contributed by atoms with van der Waals surface area (Å²) in [6.07, 6.45) is 1.13. The number of nitrogens with one attached hydrogen (secondary N) is 1. The lowest BCUT2D eigenvalue weighted by atomic mass is 10.1. The smallest absolute Gasteiger partial charge is 0.194 e. The van der Waals surface area contributed by atoms with E-state index in [9.17, 15) is 0 Å². The van der Waals surface area contributed by atoms with Gasteiger partial charge in [0.15, 0.2) is 5.96 Å². The van der Waals surface area contributed by atoms with Crippen molar-refractivity contribution in [2.45, 2.75) is 26.5 Å². The summed E-state index contributed by atoms with van der Waals surface area (Å²) in [5, 5.41) is 3.44. The SMILES string of the molecule is CCNC(=NCc1cccc(OCc2ccccc2)c1)N1CCC(COCCOC)C1.I. The molecule has 3 rings (SSSR count). The van der Waals surface area contributed by atoms with Gasteiger partial charge >= 0.3 is 0 Å². The molecule has 1 aliphatic rings. The minimum absolute atomic E-state index is 0. The van der Waals surface area contributed by atoms with Crippen LogP contribution in [0.15, 0.2) is 59.6 Å². The second-order valence-corrected chi connectivity index (χ2v) is 7.76. The van der Waals surface area contributed by atoms with E-state index in [1.807, 2.05) is 30.3 Å². The van der Waals surface area contributed by atoms with Crippen molar-refractivity contribution in [1.82, 2.24) is 10.2 Å². The van der Waals surface area contributed by atoms with E-state index in [1.165, 1.54) is 0 Å². The van der Waals surface area contributed by atoms with Crippen molar-refractivity contribution in [2.24, 2.45) is 10.9 Å². The Balaban J connectivity index is 0.00000363. The number of nitrogens with zero attached hydrogens (tertiary/aromatic N) is 2. The molecule has 32 heavy (non-hydrogen) atoms. The zero-order chi connectivity index (χ0) is 21.7. The standard InChI is InChI=1S/C25H35N3O3.HI/c1-3-26-25(28-13-12-23(18-28)19-30-15-14-29-2)27-17-22-10-7-11-24(16-22)31-20-21-8-5-4-6-9-21;/h4-11,16,23H,3,12-15,17-20H2,1-2H3,(H,26,27);1H. The molecule has 2 aromatic carbocycles. The highest BCUT2D eigenvalue weighted by molar-refractivity contribution is 14.0. The van der Waals surface area contributed by atoms with Gasteiger partial charge in [0, 0.05) is 32.7 Å². The van der Waals surface area contributed by atoms with Crippen molar-refractivity contribution >= 4 is 29.9 Å². The van der Waals surface area contributed by atoms with Crippen molar-refractivity contribution in [3.05, 3.63) is 65.7 Å². The van der Waals surface area contributed by atoms with Crippen molar-refractivity contribution in [2.75, 3.05) is 46.6 Å². The number of halogens is 1.